The van der Waals surface area contributed by atoms with E-state index in [1.165, 1.54) is 0 Å². The average molecular weight is 420 g/mol. The van der Waals surface area contributed by atoms with Crippen LogP contribution in [-0.2, 0) is 15.1 Å². The summed E-state index contributed by atoms with van der Waals surface area (Å²) in [7, 11) is 1.68. The van der Waals surface area contributed by atoms with Gasteiger partial charge in [-0.3, -0.25) is 14.5 Å². The van der Waals surface area contributed by atoms with Crippen molar-refractivity contribution in [3.05, 3.63) is 71.8 Å². The van der Waals surface area contributed by atoms with Gasteiger partial charge in [0.2, 0.25) is 5.91 Å². The van der Waals surface area contributed by atoms with Crippen LogP contribution in [0.2, 0.25) is 0 Å². The van der Waals surface area contributed by atoms with Gasteiger partial charge < -0.3 is 10.2 Å². The molecule has 0 aromatic heterocycles. The van der Waals surface area contributed by atoms with Crippen LogP contribution in [0.3, 0.4) is 0 Å². The predicted molar refractivity (Wildman–Crippen MR) is 118 cm³/mol. The Kier molecular flexibility index (Phi) is 5.56. The van der Waals surface area contributed by atoms with Gasteiger partial charge >= 0.3 is 6.03 Å². The highest BCUT2D eigenvalue weighted by Crippen LogP contribution is 2.39. The molecule has 1 saturated carbocycles. The summed E-state index contributed by atoms with van der Waals surface area (Å²) in [6, 6.07) is 19.0. The van der Waals surface area contributed by atoms with Crippen molar-refractivity contribution in [1.82, 2.24) is 15.1 Å². The van der Waals surface area contributed by atoms with E-state index in [1.807, 2.05) is 67.6 Å². The van der Waals surface area contributed by atoms with Crippen molar-refractivity contribution >= 4 is 17.8 Å². The molecule has 0 radical (unpaired) electrons. The number of hydrogen-bond donors (Lipinski definition) is 1. The monoisotopic (exact) mass is 419 g/mol. The van der Waals surface area contributed by atoms with Crippen LogP contribution >= 0.6 is 0 Å². The molecule has 1 saturated heterocycles. The average Bonchev–Trinajstić information content (AvgIpc) is 2.97. The van der Waals surface area contributed by atoms with Crippen LogP contribution in [0.15, 0.2) is 60.7 Å². The molecule has 2 fully saturated rings. The summed E-state index contributed by atoms with van der Waals surface area (Å²) in [6.07, 6.45) is 4.24. The number of carbonyl (C=O) groups is 3. The Morgan fingerprint density at radius 1 is 0.935 bits per heavy atom. The molecule has 4 rings (SSSR count). The van der Waals surface area contributed by atoms with Gasteiger partial charge in [0.1, 0.15) is 12.1 Å². The molecule has 2 aliphatic rings. The Labute approximate surface area is 183 Å². The molecule has 4 amide bonds. The highest BCUT2D eigenvalue weighted by molar-refractivity contribution is 6.09. The topological polar surface area (TPSA) is 69.7 Å². The Balaban J connectivity index is 1.58. The molecule has 1 N–H and O–H groups in total. The second-order valence-electron chi connectivity index (χ2n) is 8.73. The van der Waals surface area contributed by atoms with Crippen molar-refractivity contribution in [2.75, 3.05) is 13.6 Å². The lowest BCUT2D eigenvalue weighted by atomic mass is 9.81. The van der Waals surface area contributed by atoms with Crippen molar-refractivity contribution < 1.29 is 14.4 Å². The van der Waals surface area contributed by atoms with Gasteiger partial charge in [0.15, 0.2) is 0 Å². The van der Waals surface area contributed by atoms with Gasteiger partial charge in [-0.1, -0.05) is 79.9 Å². The second-order valence-corrected chi connectivity index (χ2v) is 8.73. The van der Waals surface area contributed by atoms with E-state index in [-0.39, 0.29) is 24.4 Å². The number of hydrogen-bond acceptors (Lipinski definition) is 3. The fourth-order valence-electron chi connectivity index (χ4n) is 4.99. The van der Waals surface area contributed by atoms with E-state index in [2.05, 4.69) is 5.32 Å². The van der Waals surface area contributed by atoms with Crippen molar-refractivity contribution in [2.45, 2.75) is 50.1 Å². The molecule has 1 spiro atoms. The molecule has 6 heteroatoms. The van der Waals surface area contributed by atoms with Crippen molar-refractivity contribution in [3.8, 4) is 0 Å². The number of likely N-dealkylation sites (N-methyl/N-ethyl adjacent to an activating group) is 1. The zero-order valence-corrected chi connectivity index (χ0v) is 18.1. The lowest BCUT2D eigenvalue weighted by molar-refractivity contribution is -0.137. The Morgan fingerprint density at radius 3 is 1.97 bits per heavy atom. The fraction of sp³-hybridized carbons (Fsp3) is 0.400. The summed E-state index contributed by atoms with van der Waals surface area (Å²) in [6.45, 7) is 1.66. The molecule has 6 nitrogen and oxygen atoms in total. The molecule has 1 aliphatic heterocycles. The summed E-state index contributed by atoms with van der Waals surface area (Å²) in [5.41, 5.74) is 0.279. The number of amides is 4. The smallest absolute Gasteiger partial charge is 0.327 e. The Bertz CT molecular complexity index is 929. The van der Waals surface area contributed by atoms with Gasteiger partial charge in [-0.25, -0.2) is 4.79 Å². The quantitative estimate of drug-likeness (QED) is 0.752. The van der Waals surface area contributed by atoms with Gasteiger partial charge in [-0.05, 0) is 30.9 Å². The number of carbonyl (C=O) groups excluding carboxylic acids is 3. The number of nitrogens with zero attached hydrogens (tertiary/aromatic N) is 2. The molecule has 1 heterocycles. The van der Waals surface area contributed by atoms with Crippen LogP contribution < -0.4 is 5.32 Å². The molecule has 0 unspecified atom stereocenters. The van der Waals surface area contributed by atoms with Crippen LogP contribution in [0.25, 0.3) is 0 Å². The highest BCUT2D eigenvalue weighted by atomic mass is 16.2. The minimum Gasteiger partial charge on any atom is -0.341 e. The summed E-state index contributed by atoms with van der Waals surface area (Å²) in [5, 5.41) is 3.10. The van der Waals surface area contributed by atoms with Gasteiger partial charge in [-0.15, -0.1) is 0 Å². The first-order chi connectivity index (χ1) is 14.9. The molecule has 0 atom stereocenters. The fourth-order valence-corrected chi connectivity index (χ4v) is 4.99. The summed E-state index contributed by atoms with van der Waals surface area (Å²) in [4.78, 5) is 41.9. The number of urea groups is 1. The third kappa shape index (κ3) is 3.60. The molecular weight excluding hydrogens is 390 g/mol. The Morgan fingerprint density at radius 2 is 1.45 bits per heavy atom. The van der Waals surface area contributed by atoms with Gasteiger partial charge in [0, 0.05) is 7.05 Å². The first kappa shape index (κ1) is 21.1. The van der Waals surface area contributed by atoms with Crippen LogP contribution in [0.4, 0.5) is 4.79 Å². The zero-order valence-electron chi connectivity index (χ0n) is 18.1. The first-order valence-electron chi connectivity index (χ1n) is 10.9. The molecule has 2 aromatic carbocycles. The number of nitrogens with one attached hydrogen (secondary N) is 1. The maximum atomic E-state index is 13.2. The summed E-state index contributed by atoms with van der Waals surface area (Å²) >= 11 is 0. The minimum atomic E-state index is -0.792. The second kappa shape index (κ2) is 8.17. The SMILES string of the molecule is CN1C(=O)N(CC(=O)NC(C)(c2ccccc2)c2ccccc2)C(=O)C12CCCCC2. The van der Waals surface area contributed by atoms with Crippen molar-refractivity contribution in [2.24, 2.45) is 0 Å². The highest BCUT2D eigenvalue weighted by Gasteiger charge is 2.56. The van der Waals surface area contributed by atoms with Gasteiger partial charge in [0.25, 0.3) is 5.91 Å². The molecule has 162 valence electrons. The van der Waals surface area contributed by atoms with E-state index >= 15 is 0 Å². The normalized spacial score (nSPS) is 18.5. The third-order valence-electron chi connectivity index (χ3n) is 6.88. The minimum absolute atomic E-state index is 0.240. The van der Waals surface area contributed by atoms with E-state index in [1.54, 1.807) is 11.9 Å². The molecule has 0 bridgehead atoms. The van der Waals surface area contributed by atoms with Crippen LogP contribution in [0, 0.1) is 0 Å². The molecule has 1 aliphatic carbocycles. The summed E-state index contributed by atoms with van der Waals surface area (Å²) in [5.74, 6) is -0.603. The lowest BCUT2D eigenvalue weighted by Gasteiger charge is -2.36. The zero-order chi connectivity index (χ0) is 22.1. The maximum Gasteiger partial charge on any atom is 0.327 e. The van der Waals surface area contributed by atoms with Crippen LogP contribution in [0.5, 0.6) is 0 Å². The number of imide groups is 1. The van der Waals surface area contributed by atoms with Crippen LogP contribution in [0.1, 0.15) is 50.2 Å². The van der Waals surface area contributed by atoms with E-state index in [0.717, 1.165) is 35.3 Å². The molecule has 2 aromatic rings. The van der Waals surface area contributed by atoms with Gasteiger partial charge in [0.05, 0.1) is 5.54 Å². The predicted octanol–water partition coefficient (Wildman–Crippen LogP) is 3.66. The first-order valence-corrected chi connectivity index (χ1v) is 10.9. The van der Waals surface area contributed by atoms with Gasteiger partial charge in [-0.2, -0.15) is 0 Å². The molecule has 31 heavy (non-hydrogen) atoms. The van der Waals surface area contributed by atoms with E-state index in [4.69, 9.17) is 0 Å². The van der Waals surface area contributed by atoms with Crippen LogP contribution in [-0.4, -0.2) is 46.8 Å². The van der Waals surface area contributed by atoms with Crippen molar-refractivity contribution in [3.63, 3.8) is 0 Å². The maximum absolute atomic E-state index is 13.2. The largest absolute Gasteiger partial charge is 0.341 e. The van der Waals surface area contributed by atoms with Crippen molar-refractivity contribution in [1.29, 1.82) is 0 Å². The third-order valence-corrected chi connectivity index (χ3v) is 6.88. The summed E-state index contributed by atoms with van der Waals surface area (Å²) < 4.78 is 0. The van der Waals surface area contributed by atoms with E-state index in [0.29, 0.717) is 12.8 Å². The lowest BCUT2D eigenvalue weighted by Crippen LogP contribution is -2.51. The molecular formula is C25H29N3O3. The number of benzene rings is 2. The van der Waals surface area contributed by atoms with E-state index < -0.39 is 11.1 Å². The van der Waals surface area contributed by atoms with E-state index in [9.17, 15) is 14.4 Å². The standard InChI is InChI=1S/C25H29N3O3/c1-24(19-12-6-3-7-13-19,20-14-8-4-9-15-20)26-21(29)18-28-22(30)25(27(2)23(28)31)16-10-5-11-17-25/h3-4,6-9,12-15H,5,10-11,16-18H2,1-2H3,(H,26,29). The number of rotatable bonds is 5. The Hall–Kier alpha value is -3.15.